The molecule has 3 rings (SSSR count). The van der Waals surface area contributed by atoms with Crippen molar-refractivity contribution in [2.24, 2.45) is 0 Å². The molecule has 7 heteroatoms. The molecule has 2 N–H and O–H groups in total. The van der Waals surface area contributed by atoms with Gasteiger partial charge in [0.2, 0.25) is 0 Å². The summed E-state index contributed by atoms with van der Waals surface area (Å²) in [5.74, 6) is -0.541. The summed E-state index contributed by atoms with van der Waals surface area (Å²) in [5.41, 5.74) is 2.03. The molecule has 0 spiro atoms. The maximum absolute atomic E-state index is 12.3. The van der Waals surface area contributed by atoms with Crippen LogP contribution >= 0.6 is 11.8 Å². The van der Waals surface area contributed by atoms with Crippen LogP contribution in [-0.4, -0.2) is 67.3 Å². The zero-order chi connectivity index (χ0) is 19.9. The maximum atomic E-state index is 12.3. The quantitative estimate of drug-likeness (QED) is 0.661. The fraction of sp³-hybridized carbons (Fsp3) is 0.333. The van der Waals surface area contributed by atoms with Gasteiger partial charge >= 0.3 is 5.97 Å². The number of carboxylic acids is 1. The van der Waals surface area contributed by atoms with E-state index in [4.69, 9.17) is 5.11 Å². The predicted octanol–water partition coefficient (Wildman–Crippen LogP) is 2.91. The lowest BCUT2D eigenvalue weighted by Gasteiger charge is -2.35. The van der Waals surface area contributed by atoms with Crippen LogP contribution in [-0.2, 0) is 4.79 Å². The molecule has 1 aliphatic heterocycles. The number of benzene rings is 2. The minimum atomic E-state index is -0.981. The van der Waals surface area contributed by atoms with Gasteiger partial charge in [-0.2, -0.15) is 0 Å². The summed E-state index contributed by atoms with van der Waals surface area (Å²) in [6.07, 6.45) is 0. The third-order valence-electron chi connectivity index (χ3n) is 4.70. The van der Waals surface area contributed by atoms with E-state index in [0.717, 1.165) is 31.1 Å². The molecule has 0 aromatic heterocycles. The summed E-state index contributed by atoms with van der Waals surface area (Å²) in [4.78, 5) is 29.2. The first-order chi connectivity index (χ1) is 13.5. The number of ketones is 1. The van der Waals surface area contributed by atoms with Gasteiger partial charge in [0.15, 0.2) is 5.78 Å². The Morgan fingerprint density at radius 3 is 2.57 bits per heavy atom. The van der Waals surface area contributed by atoms with Gasteiger partial charge in [0, 0.05) is 36.8 Å². The number of piperazine rings is 1. The maximum Gasteiger partial charge on any atom is 0.335 e. The predicted molar refractivity (Wildman–Crippen MR) is 114 cm³/mol. The van der Waals surface area contributed by atoms with Crippen molar-refractivity contribution in [1.82, 2.24) is 4.90 Å². The number of carbonyl (C=O) groups excluding carboxylic acids is 1. The second-order valence-electron chi connectivity index (χ2n) is 6.82. The van der Waals surface area contributed by atoms with Crippen LogP contribution in [0.4, 0.5) is 11.4 Å². The first-order valence-electron chi connectivity index (χ1n) is 9.27. The summed E-state index contributed by atoms with van der Waals surface area (Å²) in [5, 5.41) is 12.1. The van der Waals surface area contributed by atoms with E-state index in [1.165, 1.54) is 17.8 Å². The van der Waals surface area contributed by atoms with E-state index in [0.29, 0.717) is 11.4 Å². The van der Waals surface area contributed by atoms with Crippen LogP contribution < -0.4 is 10.2 Å². The van der Waals surface area contributed by atoms with Crippen molar-refractivity contribution in [3.8, 4) is 0 Å². The Balaban J connectivity index is 1.54. The second kappa shape index (κ2) is 9.61. The number of thioether (sulfide) groups is 1. The summed E-state index contributed by atoms with van der Waals surface area (Å²) in [7, 11) is 2.13. The number of hydrogen-bond acceptors (Lipinski definition) is 6. The molecular weight excluding hydrogens is 374 g/mol. The fourth-order valence-corrected chi connectivity index (χ4v) is 4.00. The zero-order valence-corrected chi connectivity index (χ0v) is 16.7. The van der Waals surface area contributed by atoms with Crippen molar-refractivity contribution in [1.29, 1.82) is 0 Å². The Morgan fingerprint density at radius 1 is 1.07 bits per heavy atom. The molecule has 2 aromatic carbocycles. The number of nitrogens with one attached hydrogen (secondary N) is 1. The Morgan fingerprint density at radius 2 is 1.82 bits per heavy atom. The van der Waals surface area contributed by atoms with Gasteiger partial charge in [-0.15, -0.1) is 11.8 Å². The van der Waals surface area contributed by atoms with E-state index in [-0.39, 0.29) is 17.9 Å². The van der Waals surface area contributed by atoms with Crippen LogP contribution in [0.1, 0.15) is 10.4 Å². The van der Waals surface area contributed by atoms with Crippen molar-refractivity contribution in [3.05, 3.63) is 54.1 Å². The summed E-state index contributed by atoms with van der Waals surface area (Å²) < 4.78 is 0. The van der Waals surface area contributed by atoms with Crippen molar-refractivity contribution in [3.63, 3.8) is 0 Å². The smallest absolute Gasteiger partial charge is 0.335 e. The second-order valence-corrected chi connectivity index (χ2v) is 7.84. The van der Waals surface area contributed by atoms with Gasteiger partial charge in [-0.3, -0.25) is 4.79 Å². The highest BCUT2D eigenvalue weighted by Gasteiger charge is 2.17. The molecule has 1 fully saturated rings. The van der Waals surface area contributed by atoms with E-state index < -0.39 is 5.97 Å². The molecule has 0 amide bonds. The van der Waals surface area contributed by atoms with Gasteiger partial charge < -0.3 is 20.2 Å². The zero-order valence-electron chi connectivity index (χ0n) is 15.9. The molecule has 0 bridgehead atoms. The van der Waals surface area contributed by atoms with Gasteiger partial charge in [0.25, 0.3) is 0 Å². The minimum absolute atomic E-state index is 0.0684. The van der Waals surface area contributed by atoms with E-state index in [1.54, 1.807) is 23.9 Å². The lowest BCUT2D eigenvalue weighted by molar-refractivity contribution is -0.115. The number of hydrogen-bond donors (Lipinski definition) is 2. The molecule has 148 valence electrons. The van der Waals surface area contributed by atoms with Crippen LogP contribution in [0.25, 0.3) is 0 Å². The summed E-state index contributed by atoms with van der Waals surface area (Å²) in [6, 6.07) is 14.7. The first kappa shape index (κ1) is 20.2. The van der Waals surface area contributed by atoms with Gasteiger partial charge in [0.05, 0.1) is 23.5 Å². The summed E-state index contributed by atoms with van der Waals surface area (Å²) >= 11 is 1.55. The largest absolute Gasteiger partial charge is 0.478 e. The molecule has 0 aliphatic carbocycles. The van der Waals surface area contributed by atoms with Crippen LogP contribution in [0.15, 0.2) is 53.4 Å². The molecule has 1 saturated heterocycles. The lowest BCUT2D eigenvalue weighted by atomic mass is 10.2. The number of carboxylic acid groups (broad SMARTS) is 1. The van der Waals surface area contributed by atoms with E-state index >= 15 is 0 Å². The SMILES string of the molecule is CN1CCN(c2ccccc2SCC(=O)CNc2cccc(C(=O)O)c2)CC1. The number of aromatic carboxylic acids is 1. The Labute approximate surface area is 169 Å². The van der Waals surface area contributed by atoms with Crippen LogP contribution in [0, 0.1) is 0 Å². The molecular formula is C21H25N3O3S. The molecule has 2 aromatic rings. The number of rotatable bonds is 8. The first-order valence-corrected chi connectivity index (χ1v) is 10.3. The molecule has 0 radical (unpaired) electrons. The topological polar surface area (TPSA) is 72.9 Å². The number of likely N-dealkylation sites (N-methyl/N-ethyl adjacent to an activating group) is 1. The number of para-hydroxylation sites is 1. The van der Waals surface area contributed by atoms with Gasteiger partial charge in [0.1, 0.15) is 0 Å². The molecule has 0 saturated carbocycles. The third kappa shape index (κ3) is 5.50. The molecule has 0 atom stereocenters. The monoisotopic (exact) mass is 399 g/mol. The van der Waals surface area contributed by atoms with E-state index in [1.807, 2.05) is 12.1 Å². The fourth-order valence-electron chi connectivity index (χ4n) is 3.06. The number of nitrogens with zero attached hydrogens (tertiary/aromatic N) is 2. The number of carbonyl (C=O) groups is 2. The number of Topliss-reactive ketones (excluding diaryl/α,β-unsaturated/α-hetero) is 1. The van der Waals surface area contributed by atoms with Crippen molar-refractivity contribution in [2.45, 2.75) is 4.90 Å². The summed E-state index contributed by atoms with van der Waals surface area (Å²) in [6.45, 7) is 4.23. The van der Waals surface area contributed by atoms with Crippen LogP contribution in [0.5, 0.6) is 0 Å². The number of anilines is 2. The average Bonchev–Trinajstić information content (AvgIpc) is 2.72. The minimum Gasteiger partial charge on any atom is -0.478 e. The average molecular weight is 400 g/mol. The van der Waals surface area contributed by atoms with Crippen molar-refractivity contribution < 1.29 is 14.7 Å². The Bertz CT molecular complexity index is 835. The highest BCUT2D eigenvalue weighted by atomic mass is 32.2. The van der Waals surface area contributed by atoms with Crippen molar-refractivity contribution in [2.75, 3.05) is 55.7 Å². The Hall–Kier alpha value is -2.51. The van der Waals surface area contributed by atoms with Crippen LogP contribution in [0.3, 0.4) is 0 Å². The molecule has 0 unspecified atom stereocenters. The van der Waals surface area contributed by atoms with E-state index in [2.05, 4.69) is 34.3 Å². The normalized spacial score (nSPS) is 14.7. The van der Waals surface area contributed by atoms with Crippen molar-refractivity contribution >= 4 is 34.9 Å². The highest BCUT2D eigenvalue weighted by molar-refractivity contribution is 8.00. The van der Waals surface area contributed by atoms with Gasteiger partial charge in [-0.1, -0.05) is 18.2 Å². The standard InChI is InChI=1S/C21H25N3O3S/c1-23-9-11-24(12-10-23)19-7-2-3-8-20(19)28-15-18(25)14-22-17-6-4-5-16(13-17)21(26)27/h2-8,13,22H,9-12,14-15H2,1H3,(H,26,27). The van der Waals surface area contributed by atoms with Crippen LogP contribution in [0.2, 0.25) is 0 Å². The Kier molecular flexibility index (Phi) is 6.95. The molecule has 1 heterocycles. The third-order valence-corrected chi connectivity index (χ3v) is 5.82. The highest BCUT2D eigenvalue weighted by Crippen LogP contribution is 2.30. The van der Waals surface area contributed by atoms with E-state index in [9.17, 15) is 9.59 Å². The molecule has 28 heavy (non-hydrogen) atoms. The molecule has 1 aliphatic rings. The van der Waals surface area contributed by atoms with Gasteiger partial charge in [-0.25, -0.2) is 4.79 Å². The molecule has 6 nitrogen and oxygen atoms in total. The lowest BCUT2D eigenvalue weighted by Crippen LogP contribution is -2.44. The van der Waals surface area contributed by atoms with Gasteiger partial charge in [-0.05, 0) is 37.4 Å².